The molecule has 0 saturated carbocycles. The van der Waals surface area contributed by atoms with Gasteiger partial charge in [-0.2, -0.15) is 0 Å². The Kier molecular flexibility index (Phi) is 1.85. The summed E-state index contributed by atoms with van der Waals surface area (Å²) in [4.78, 5) is 22.9. The third kappa shape index (κ3) is 1.20. The smallest absolute Gasteiger partial charge is 0.313 e. The van der Waals surface area contributed by atoms with E-state index in [2.05, 4.69) is 5.32 Å². The molecule has 1 heterocycles. The molecule has 61 valence electrons. The van der Waals surface area contributed by atoms with Gasteiger partial charge in [0, 0.05) is 13.1 Å². The topological polar surface area (TPSA) is 49.4 Å². The molecule has 11 heavy (non-hydrogen) atoms. The highest BCUT2D eigenvalue weighted by molar-refractivity contribution is 5.88. The second-order valence-electron chi connectivity index (χ2n) is 3.06. The minimum atomic E-state index is -0.736. The van der Waals surface area contributed by atoms with Gasteiger partial charge in [0.1, 0.15) is 5.54 Å². The van der Waals surface area contributed by atoms with E-state index >= 15 is 0 Å². The lowest BCUT2D eigenvalue weighted by Gasteiger charge is -2.37. The summed E-state index contributed by atoms with van der Waals surface area (Å²) in [5, 5.41) is 2.68. The first-order valence-electron chi connectivity index (χ1n) is 3.53. The van der Waals surface area contributed by atoms with Crippen LogP contribution in [0.3, 0.4) is 0 Å². The quantitative estimate of drug-likeness (QED) is 0.542. The Morgan fingerprint density at radius 1 is 1.64 bits per heavy atom. The van der Waals surface area contributed by atoms with E-state index in [0.29, 0.717) is 13.1 Å². The molecule has 1 aliphatic heterocycles. The second kappa shape index (κ2) is 2.53. The molecule has 4 heteroatoms. The first-order valence-corrected chi connectivity index (χ1v) is 3.53. The van der Waals surface area contributed by atoms with Crippen molar-refractivity contribution in [1.82, 2.24) is 10.2 Å². The monoisotopic (exact) mass is 155 g/mol. The zero-order chi connectivity index (χ0) is 8.48. The van der Waals surface area contributed by atoms with Gasteiger partial charge in [-0.3, -0.25) is 9.59 Å². The summed E-state index contributed by atoms with van der Waals surface area (Å²) in [7, 11) is 0. The Morgan fingerprint density at radius 2 is 2.27 bits per heavy atom. The average molecular weight is 155 g/mol. The van der Waals surface area contributed by atoms with Crippen molar-refractivity contribution >= 4 is 12.3 Å². The predicted octanol–water partition coefficient (Wildman–Crippen LogP) is -0.736. The molecule has 2 amide bonds. The van der Waals surface area contributed by atoms with Gasteiger partial charge in [0.2, 0.25) is 5.91 Å². The fourth-order valence-corrected chi connectivity index (χ4v) is 1.06. The molecule has 1 saturated heterocycles. The molecular formula is C7H11N2O2. The van der Waals surface area contributed by atoms with Crippen LogP contribution in [0.4, 0.5) is 0 Å². The molecule has 4 nitrogen and oxygen atoms in total. The van der Waals surface area contributed by atoms with Crippen molar-refractivity contribution in [3.8, 4) is 0 Å². The van der Waals surface area contributed by atoms with E-state index in [4.69, 9.17) is 0 Å². The normalized spacial score (nSPS) is 22.7. The van der Waals surface area contributed by atoms with Gasteiger partial charge in [0.15, 0.2) is 0 Å². The van der Waals surface area contributed by atoms with Gasteiger partial charge in [-0.15, -0.1) is 0 Å². The maximum absolute atomic E-state index is 11.2. The molecule has 0 aromatic rings. The molecule has 0 aromatic carbocycles. The molecule has 1 radical (unpaired) electrons. The SMILES string of the molecule is CC1(C)C(=O)NCCN1[C]=O. The zero-order valence-electron chi connectivity index (χ0n) is 6.68. The Hall–Kier alpha value is -1.06. The number of carbonyl (C=O) groups is 1. The maximum atomic E-state index is 11.2. The molecule has 0 atom stereocenters. The maximum Gasteiger partial charge on any atom is 0.313 e. The van der Waals surface area contributed by atoms with Crippen molar-refractivity contribution in [3.63, 3.8) is 0 Å². The van der Waals surface area contributed by atoms with E-state index in [1.807, 2.05) is 0 Å². The number of nitrogens with zero attached hydrogens (tertiary/aromatic N) is 1. The third-order valence-electron chi connectivity index (χ3n) is 1.96. The minimum absolute atomic E-state index is 0.118. The van der Waals surface area contributed by atoms with Gasteiger partial charge in [0.05, 0.1) is 0 Å². The molecule has 1 fully saturated rings. The van der Waals surface area contributed by atoms with Gasteiger partial charge in [-0.1, -0.05) is 0 Å². The molecular weight excluding hydrogens is 144 g/mol. The van der Waals surface area contributed by atoms with Crippen LogP contribution in [0.5, 0.6) is 0 Å². The van der Waals surface area contributed by atoms with Gasteiger partial charge < -0.3 is 10.2 Å². The summed E-state index contributed by atoms with van der Waals surface area (Å²) in [6.45, 7) is 4.47. The highest BCUT2D eigenvalue weighted by Gasteiger charge is 2.37. The zero-order valence-corrected chi connectivity index (χ0v) is 6.68. The number of rotatable bonds is 1. The molecule has 1 N–H and O–H groups in total. The fraction of sp³-hybridized carbons (Fsp3) is 0.714. The number of hydrogen-bond acceptors (Lipinski definition) is 2. The minimum Gasteiger partial charge on any atom is -0.352 e. The molecule has 0 unspecified atom stereocenters. The number of amides is 2. The van der Waals surface area contributed by atoms with Gasteiger partial charge in [0.25, 0.3) is 0 Å². The van der Waals surface area contributed by atoms with Crippen molar-refractivity contribution in [2.45, 2.75) is 19.4 Å². The summed E-state index contributed by atoms with van der Waals surface area (Å²) in [6.07, 6.45) is 1.75. The Labute approximate surface area is 65.6 Å². The van der Waals surface area contributed by atoms with Crippen molar-refractivity contribution in [3.05, 3.63) is 0 Å². The lowest BCUT2D eigenvalue weighted by Crippen LogP contribution is -2.61. The largest absolute Gasteiger partial charge is 0.352 e. The molecule has 0 bridgehead atoms. The van der Waals surface area contributed by atoms with Crippen LogP contribution in [-0.2, 0) is 9.59 Å². The molecule has 0 aromatic heterocycles. The van der Waals surface area contributed by atoms with Crippen molar-refractivity contribution in [1.29, 1.82) is 0 Å². The Bertz CT molecular complexity index is 189. The number of nitrogens with one attached hydrogen (secondary N) is 1. The van der Waals surface area contributed by atoms with Crippen molar-refractivity contribution in [2.75, 3.05) is 13.1 Å². The van der Waals surface area contributed by atoms with E-state index in [1.165, 1.54) is 4.90 Å². The van der Waals surface area contributed by atoms with Crippen LogP contribution >= 0.6 is 0 Å². The number of hydrogen-bond donors (Lipinski definition) is 1. The van der Waals surface area contributed by atoms with E-state index in [9.17, 15) is 9.59 Å². The van der Waals surface area contributed by atoms with E-state index < -0.39 is 5.54 Å². The summed E-state index contributed by atoms with van der Waals surface area (Å²) < 4.78 is 0. The second-order valence-corrected chi connectivity index (χ2v) is 3.06. The Balaban J connectivity index is 2.80. The molecule has 1 rings (SSSR count). The van der Waals surface area contributed by atoms with Crippen molar-refractivity contribution < 1.29 is 9.59 Å². The van der Waals surface area contributed by atoms with Gasteiger partial charge >= 0.3 is 6.41 Å². The highest BCUT2D eigenvalue weighted by Crippen LogP contribution is 2.14. The number of carbonyl (C=O) groups excluding carboxylic acids is 2. The lowest BCUT2D eigenvalue weighted by molar-refractivity contribution is -0.132. The average Bonchev–Trinajstić information content (AvgIpc) is 1.95. The third-order valence-corrected chi connectivity index (χ3v) is 1.96. The van der Waals surface area contributed by atoms with Gasteiger partial charge in [-0.05, 0) is 13.8 Å². The lowest BCUT2D eigenvalue weighted by atomic mass is 10.0. The summed E-state index contributed by atoms with van der Waals surface area (Å²) in [6, 6.07) is 0. The molecule has 1 aliphatic rings. The van der Waals surface area contributed by atoms with Crippen LogP contribution in [0.25, 0.3) is 0 Å². The summed E-state index contributed by atoms with van der Waals surface area (Å²) >= 11 is 0. The Morgan fingerprint density at radius 3 is 2.73 bits per heavy atom. The first kappa shape index (κ1) is 8.04. The fourth-order valence-electron chi connectivity index (χ4n) is 1.06. The standard InChI is InChI=1S/C7H11N2O2/c1-7(2)6(11)8-3-4-9(7)5-10/h3-4H2,1-2H3,(H,8,11). The highest BCUT2D eigenvalue weighted by atomic mass is 16.2. The van der Waals surface area contributed by atoms with E-state index in [0.717, 1.165) is 0 Å². The van der Waals surface area contributed by atoms with Crippen molar-refractivity contribution in [2.24, 2.45) is 0 Å². The van der Waals surface area contributed by atoms with Crippen LogP contribution in [0, 0.1) is 0 Å². The van der Waals surface area contributed by atoms with Crippen LogP contribution in [0.1, 0.15) is 13.8 Å². The summed E-state index contributed by atoms with van der Waals surface area (Å²) in [5.41, 5.74) is -0.736. The van der Waals surface area contributed by atoms with Gasteiger partial charge in [-0.25, -0.2) is 0 Å². The first-order chi connectivity index (χ1) is 5.09. The van der Waals surface area contributed by atoms with Crippen LogP contribution in [0.2, 0.25) is 0 Å². The molecule has 0 aliphatic carbocycles. The molecule has 0 spiro atoms. The van der Waals surface area contributed by atoms with E-state index in [-0.39, 0.29) is 5.91 Å². The summed E-state index contributed by atoms with van der Waals surface area (Å²) in [5.74, 6) is -0.118. The van der Waals surface area contributed by atoms with E-state index in [1.54, 1.807) is 20.3 Å². The predicted molar refractivity (Wildman–Crippen MR) is 39.5 cm³/mol. The van der Waals surface area contributed by atoms with Crippen LogP contribution < -0.4 is 5.32 Å². The number of piperazine rings is 1. The van der Waals surface area contributed by atoms with Crippen LogP contribution in [-0.4, -0.2) is 35.8 Å². The van der Waals surface area contributed by atoms with Crippen LogP contribution in [0.15, 0.2) is 0 Å².